The third kappa shape index (κ3) is 10.2. The summed E-state index contributed by atoms with van der Waals surface area (Å²) in [5, 5.41) is 2.61. The second-order valence-electron chi connectivity index (χ2n) is 14.2. The van der Waals surface area contributed by atoms with Gasteiger partial charge in [0, 0.05) is 12.2 Å². The summed E-state index contributed by atoms with van der Waals surface area (Å²) < 4.78 is 33.7. The average molecular weight is 850 g/mol. The van der Waals surface area contributed by atoms with Crippen molar-refractivity contribution in [2.45, 2.75) is 51.4 Å². The Morgan fingerprint density at radius 2 is 0.900 bits per heavy atom. The van der Waals surface area contributed by atoms with Crippen molar-refractivity contribution in [2.24, 2.45) is 23.7 Å². The molecule has 308 valence electrons. The first kappa shape index (κ1) is 41.7. The van der Waals surface area contributed by atoms with Crippen LogP contribution in [0.2, 0.25) is 0 Å². The highest BCUT2D eigenvalue weighted by molar-refractivity contribution is 7.25. The molecule has 0 unspecified atom stereocenters. The van der Waals surface area contributed by atoms with Crippen LogP contribution in [0.3, 0.4) is 0 Å². The number of nitrogens with zero attached hydrogens (tertiary/aromatic N) is 1. The summed E-state index contributed by atoms with van der Waals surface area (Å²) in [5.41, 5.74) is 0.392. The molecule has 0 amide bonds. The van der Waals surface area contributed by atoms with E-state index in [1.54, 1.807) is 12.1 Å². The number of benzene rings is 3. The molecular weight excluding hydrogens is 811 g/mol. The van der Waals surface area contributed by atoms with Crippen molar-refractivity contribution in [3.05, 3.63) is 103 Å². The highest BCUT2D eigenvalue weighted by Gasteiger charge is 2.35. The number of ether oxygens (including phenoxy) is 6. The predicted molar refractivity (Wildman–Crippen MR) is 221 cm³/mol. The van der Waals surface area contributed by atoms with Gasteiger partial charge in [-0.05, 0) is 123 Å². The molecular formula is C45H39NO12S2. The van der Waals surface area contributed by atoms with Gasteiger partial charge in [0.2, 0.25) is 0 Å². The molecule has 0 saturated heterocycles. The van der Waals surface area contributed by atoms with Crippen LogP contribution < -0.4 is 28.4 Å². The summed E-state index contributed by atoms with van der Waals surface area (Å²) in [7, 11) is 0. The van der Waals surface area contributed by atoms with E-state index in [-0.39, 0.29) is 5.75 Å². The average Bonchev–Trinajstić information content (AvgIpc) is 3.98. The first-order valence-corrected chi connectivity index (χ1v) is 21.0. The van der Waals surface area contributed by atoms with Crippen molar-refractivity contribution < 1.29 is 57.2 Å². The number of carbonyl (C=O) groups excluding carboxylic acids is 6. The lowest BCUT2D eigenvalue weighted by atomic mass is 9.82. The van der Waals surface area contributed by atoms with Crippen LogP contribution in [0.1, 0.15) is 51.4 Å². The van der Waals surface area contributed by atoms with Gasteiger partial charge in [0.15, 0.2) is 11.5 Å². The Labute approximate surface area is 352 Å². The second-order valence-corrected chi connectivity index (χ2v) is 16.2. The highest BCUT2D eigenvalue weighted by atomic mass is 32.1. The van der Waals surface area contributed by atoms with Crippen LogP contribution in [0.25, 0.3) is 20.1 Å². The largest absolute Gasteiger partial charge is 0.426 e. The van der Waals surface area contributed by atoms with E-state index in [1.165, 1.54) is 71.2 Å². The fourth-order valence-electron chi connectivity index (χ4n) is 7.01. The zero-order valence-electron chi connectivity index (χ0n) is 32.2. The van der Waals surface area contributed by atoms with Crippen LogP contribution in [0, 0.1) is 23.7 Å². The number of thiazole rings is 1. The highest BCUT2D eigenvalue weighted by Crippen LogP contribution is 2.43. The Morgan fingerprint density at radius 3 is 1.30 bits per heavy atom. The standard InChI is InChI=1S/C45H39NO12S2/c1-3-37(47)53-30-15-19-32(20-16-30)55-42(49)26-7-11-28(12-8-26)44(51)57-34-23-24-35(40-39(34)46-41(60-40)36-6-5-25-59-36)58-45(52)29-13-9-27(10-14-29)43(50)56-33-21-17-31(18-22-33)54-38(48)4-2/h3-6,15-29H,1-2,7-14H2. The summed E-state index contributed by atoms with van der Waals surface area (Å²) in [6, 6.07) is 19.2. The van der Waals surface area contributed by atoms with E-state index in [0.29, 0.717) is 95.3 Å². The van der Waals surface area contributed by atoms with Crippen molar-refractivity contribution in [1.29, 1.82) is 0 Å². The lowest BCUT2D eigenvalue weighted by molar-refractivity contribution is -0.145. The molecule has 7 rings (SSSR count). The van der Waals surface area contributed by atoms with Gasteiger partial charge in [0.25, 0.3) is 0 Å². The van der Waals surface area contributed by atoms with Crippen LogP contribution in [0.15, 0.2) is 103 Å². The maximum atomic E-state index is 13.5. The summed E-state index contributed by atoms with van der Waals surface area (Å²) in [6.45, 7) is 6.72. The Bertz CT molecular complexity index is 2250. The van der Waals surface area contributed by atoms with Gasteiger partial charge >= 0.3 is 35.8 Å². The van der Waals surface area contributed by atoms with E-state index in [9.17, 15) is 28.8 Å². The lowest BCUT2D eigenvalue weighted by Crippen LogP contribution is -2.30. The van der Waals surface area contributed by atoms with Crippen molar-refractivity contribution in [3.8, 4) is 44.4 Å². The number of hydrogen-bond donors (Lipinski definition) is 0. The van der Waals surface area contributed by atoms with E-state index in [1.807, 2.05) is 17.5 Å². The maximum absolute atomic E-state index is 13.5. The Kier molecular flexibility index (Phi) is 13.3. The normalized spacial score (nSPS) is 18.7. The van der Waals surface area contributed by atoms with Gasteiger partial charge < -0.3 is 28.4 Å². The van der Waals surface area contributed by atoms with E-state index in [4.69, 9.17) is 33.4 Å². The quantitative estimate of drug-likeness (QED) is 0.0626. The number of carbonyl (C=O) groups is 6. The van der Waals surface area contributed by atoms with Crippen LogP contribution in [0.4, 0.5) is 0 Å². The van der Waals surface area contributed by atoms with Crippen LogP contribution in [-0.4, -0.2) is 40.8 Å². The van der Waals surface area contributed by atoms with Gasteiger partial charge in [0.1, 0.15) is 38.2 Å². The molecule has 3 aromatic carbocycles. The SMILES string of the molecule is C=CC(=O)Oc1ccc(OC(=O)C2CCC(C(=O)Oc3ccc(OC(=O)C4CCC(C(=O)Oc5ccc(OC(=O)C=C)cc5)CC4)c4sc(-c5cccs5)nc34)CC2)cc1. The maximum Gasteiger partial charge on any atom is 0.335 e. The fraction of sp³-hybridized carbons (Fsp3) is 0.267. The summed E-state index contributed by atoms with van der Waals surface area (Å²) in [4.78, 5) is 81.4. The van der Waals surface area contributed by atoms with Crippen molar-refractivity contribution in [1.82, 2.24) is 4.98 Å². The van der Waals surface area contributed by atoms with Gasteiger partial charge in [-0.25, -0.2) is 14.6 Å². The molecule has 13 nitrogen and oxygen atoms in total. The van der Waals surface area contributed by atoms with Crippen LogP contribution >= 0.6 is 22.7 Å². The molecule has 15 heteroatoms. The number of rotatable bonds is 13. The number of aromatic nitrogens is 1. The van der Waals surface area contributed by atoms with Crippen molar-refractivity contribution in [3.63, 3.8) is 0 Å². The summed E-state index contributed by atoms with van der Waals surface area (Å²) in [6.07, 6.45) is 5.56. The molecule has 0 aliphatic heterocycles. The molecule has 2 saturated carbocycles. The zero-order valence-corrected chi connectivity index (χ0v) is 33.8. The minimum absolute atomic E-state index is 0.240. The van der Waals surface area contributed by atoms with Gasteiger partial charge in [-0.1, -0.05) is 19.2 Å². The van der Waals surface area contributed by atoms with E-state index in [0.717, 1.165) is 17.0 Å². The molecule has 0 N–H and O–H groups in total. The topological polar surface area (TPSA) is 171 Å². The van der Waals surface area contributed by atoms with Crippen molar-refractivity contribution >= 4 is 68.7 Å². The molecule has 2 aliphatic rings. The van der Waals surface area contributed by atoms with E-state index >= 15 is 0 Å². The van der Waals surface area contributed by atoms with E-state index in [2.05, 4.69) is 13.2 Å². The zero-order chi connectivity index (χ0) is 42.2. The monoisotopic (exact) mass is 849 g/mol. The summed E-state index contributed by atoms with van der Waals surface area (Å²) in [5.74, 6) is -2.80. The van der Waals surface area contributed by atoms with Gasteiger partial charge in [-0.2, -0.15) is 0 Å². The third-order valence-electron chi connectivity index (χ3n) is 10.3. The van der Waals surface area contributed by atoms with Crippen molar-refractivity contribution in [2.75, 3.05) is 0 Å². The molecule has 0 bridgehead atoms. The molecule has 2 heterocycles. The molecule has 0 radical (unpaired) electrons. The first-order chi connectivity index (χ1) is 29.1. The van der Waals surface area contributed by atoms with E-state index < -0.39 is 59.5 Å². The predicted octanol–water partition coefficient (Wildman–Crippen LogP) is 8.84. The number of hydrogen-bond acceptors (Lipinski definition) is 15. The third-order valence-corrected chi connectivity index (χ3v) is 12.4. The molecule has 60 heavy (non-hydrogen) atoms. The Balaban J connectivity index is 0.942. The van der Waals surface area contributed by atoms with Crippen LogP contribution in [0.5, 0.6) is 34.5 Å². The number of fused-ring (bicyclic) bond motifs is 1. The lowest BCUT2D eigenvalue weighted by Gasteiger charge is -2.26. The smallest absolute Gasteiger partial charge is 0.335 e. The first-order valence-electron chi connectivity index (χ1n) is 19.3. The molecule has 0 atom stereocenters. The minimum Gasteiger partial charge on any atom is -0.426 e. The fourth-order valence-corrected chi connectivity index (χ4v) is 8.84. The molecule has 2 fully saturated rings. The summed E-state index contributed by atoms with van der Waals surface area (Å²) >= 11 is 2.83. The molecule has 5 aromatic rings. The second kappa shape index (κ2) is 19.1. The molecule has 2 aliphatic carbocycles. The number of thiophene rings is 1. The van der Waals surface area contributed by atoms with Crippen LogP contribution in [-0.2, 0) is 28.8 Å². The van der Waals surface area contributed by atoms with Gasteiger partial charge in [-0.15, -0.1) is 22.7 Å². The Morgan fingerprint density at radius 1 is 0.517 bits per heavy atom. The van der Waals surface area contributed by atoms with Gasteiger partial charge in [0.05, 0.1) is 28.5 Å². The molecule has 0 spiro atoms. The molecule has 2 aromatic heterocycles. The minimum atomic E-state index is -0.597. The Hall–Kier alpha value is -6.45. The number of esters is 6. The van der Waals surface area contributed by atoms with Gasteiger partial charge in [-0.3, -0.25) is 19.2 Å².